The standard InChI is InChI=1S/C19H22N4O2/c1-3-8-20-19(25)18-15-12-23(9-7-16(15)21-22-18)17(24)11-14-6-4-5-13(2)10-14/h3-6,10H,1,7-9,11-12H2,2H3,(H,20,25)(H,21,22). The monoisotopic (exact) mass is 338 g/mol. The van der Waals surface area contributed by atoms with Crippen LogP contribution in [0.15, 0.2) is 36.9 Å². The lowest BCUT2D eigenvalue weighted by molar-refractivity contribution is -0.131. The number of amides is 2. The van der Waals surface area contributed by atoms with Gasteiger partial charge in [-0.25, -0.2) is 0 Å². The second-order valence-corrected chi connectivity index (χ2v) is 6.26. The highest BCUT2D eigenvalue weighted by Gasteiger charge is 2.27. The SMILES string of the molecule is C=CCNC(=O)c1n[nH]c2c1CN(C(=O)Cc1cccc(C)c1)CC2. The Labute approximate surface area is 146 Å². The Bertz CT molecular complexity index is 810. The van der Waals surface area contributed by atoms with Gasteiger partial charge in [-0.15, -0.1) is 6.58 Å². The number of aromatic amines is 1. The van der Waals surface area contributed by atoms with Gasteiger partial charge in [-0.3, -0.25) is 14.7 Å². The average molecular weight is 338 g/mol. The van der Waals surface area contributed by atoms with Crippen LogP contribution in [0.3, 0.4) is 0 Å². The summed E-state index contributed by atoms with van der Waals surface area (Å²) in [5.41, 5.74) is 4.26. The van der Waals surface area contributed by atoms with Crippen molar-refractivity contribution in [3.8, 4) is 0 Å². The summed E-state index contributed by atoms with van der Waals surface area (Å²) < 4.78 is 0. The van der Waals surface area contributed by atoms with Gasteiger partial charge in [-0.1, -0.05) is 35.9 Å². The molecule has 1 aromatic carbocycles. The minimum atomic E-state index is -0.245. The quantitative estimate of drug-likeness (QED) is 0.816. The summed E-state index contributed by atoms with van der Waals surface area (Å²) in [5, 5.41) is 9.79. The number of hydrogen-bond acceptors (Lipinski definition) is 3. The van der Waals surface area contributed by atoms with Gasteiger partial charge in [0.15, 0.2) is 5.69 Å². The van der Waals surface area contributed by atoms with Crippen LogP contribution in [0, 0.1) is 6.92 Å². The first-order valence-corrected chi connectivity index (χ1v) is 8.37. The van der Waals surface area contributed by atoms with Crippen LogP contribution < -0.4 is 5.32 Å². The number of rotatable bonds is 5. The van der Waals surface area contributed by atoms with E-state index in [1.807, 2.05) is 31.2 Å². The molecule has 0 unspecified atom stereocenters. The van der Waals surface area contributed by atoms with Gasteiger partial charge in [0, 0.05) is 37.3 Å². The molecule has 1 aromatic heterocycles. The number of hydrogen-bond donors (Lipinski definition) is 2. The van der Waals surface area contributed by atoms with E-state index in [-0.39, 0.29) is 11.8 Å². The fourth-order valence-corrected chi connectivity index (χ4v) is 3.05. The molecule has 2 amide bonds. The van der Waals surface area contributed by atoms with Gasteiger partial charge < -0.3 is 10.2 Å². The van der Waals surface area contributed by atoms with Crippen molar-refractivity contribution in [2.24, 2.45) is 0 Å². The lowest BCUT2D eigenvalue weighted by atomic mass is 10.0. The summed E-state index contributed by atoms with van der Waals surface area (Å²) in [4.78, 5) is 26.6. The number of H-pyrrole nitrogens is 1. The van der Waals surface area contributed by atoms with Crippen molar-refractivity contribution in [2.45, 2.75) is 26.3 Å². The van der Waals surface area contributed by atoms with E-state index < -0.39 is 0 Å². The zero-order chi connectivity index (χ0) is 17.8. The Kier molecular flexibility index (Phi) is 4.97. The number of nitrogens with one attached hydrogen (secondary N) is 2. The Balaban J connectivity index is 1.71. The molecular formula is C19H22N4O2. The molecule has 0 radical (unpaired) electrons. The lowest BCUT2D eigenvalue weighted by Gasteiger charge is -2.27. The molecule has 1 aliphatic heterocycles. The molecule has 6 heteroatoms. The molecule has 2 N–H and O–H groups in total. The van der Waals surface area contributed by atoms with Crippen molar-refractivity contribution in [3.05, 3.63) is 65.0 Å². The predicted octanol–water partition coefficient (Wildman–Crippen LogP) is 1.76. The topological polar surface area (TPSA) is 78.1 Å². The highest BCUT2D eigenvalue weighted by atomic mass is 16.2. The van der Waals surface area contributed by atoms with Crippen molar-refractivity contribution in [3.63, 3.8) is 0 Å². The van der Waals surface area contributed by atoms with Crippen LogP contribution in [-0.4, -0.2) is 40.0 Å². The fraction of sp³-hybridized carbons (Fsp3) is 0.316. The van der Waals surface area contributed by atoms with Gasteiger partial charge in [0.25, 0.3) is 5.91 Å². The number of aromatic nitrogens is 2. The van der Waals surface area contributed by atoms with Crippen molar-refractivity contribution in [2.75, 3.05) is 13.1 Å². The first-order valence-electron chi connectivity index (χ1n) is 8.37. The molecule has 0 saturated heterocycles. The van der Waals surface area contributed by atoms with E-state index >= 15 is 0 Å². The molecule has 0 bridgehead atoms. The second-order valence-electron chi connectivity index (χ2n) is 6.26. The predicted molar refractivity (Wildman–Crippen MR) is 95.1 cm³/mol. The number of aryl methyl sites for hydroxylation is 1. The molecule has 0 saturated carbocycles. The molecule has 0 aliphatic carbocycles. The lowest BCUT2D eigenvalue weighted by Crippen LogP contribution is -2.37. The van der Waals surface area contributed by atoms with Crippen LogP contribution in [0.25, 0.3) is 0 Å². The average Bonchev–Trinajstić information content (AvgIpc) is 3.03. The first-order chi connectivity index (χ1) is 12.1. The Morgan fingerprint density at radius 2 is 2.28 bits per heavy atom. The summed E-state index contributed by atoms with van der Waals surface area (Å²) in [6, 6.07) is 7.97. The Morgan fingerprint density at radius 3 is 3.04 bits per heavy atom. The van der Waals surface area contributed by atoms with Crippen molar-refractivity contribution in [1.82, 2.24) is 20.4 Å². The van der Waals surface area contributed by atoms with Gasteiger partial charge in [0.05, 0.1) is 6.42 Å². The van der Waals surface area contributed by atoms with Crippen LogP contribution in [0.1, 0.15) is 32.9 Å². The number of nitrogens with zero attached hydrogens (tertiary/aromatic N) is 2. The zero-order valence-electron chi connectivity index (χ0n) is 14.3. The van der Waals surface area contributed by atoms with Crippen molar-refractivity contribution < 1.29 is 9.59 Å². The summed E-state index contributed by atoms with van der Waals surface area (Å²) in [7, 11) is 0. The maximum absolute atomic E-state index is 12.6. The Hall–Kier alpha value is -2.89. The summed E-state index contributed by atoms with van der Waals surface area (Å²) >= 11 is 0. The highest BCUT2D eigenvalue weighted by molar-refractivity contribution is 5.94. The third-order valence-corrected chi connectivity index (χ3v) is 4.35. The molecule has 0 fully saturated rings. The van der Waals surface area contributed by atoms with E-state index in [0.29, 0.717) is 38.2 Å². The van der Waals surface area contributed by atoms with Crippen molar-refractivity contribution in [1.29, 1.82) is 0 Å². The van der Waals surface area contributed by atoms with Crippen LogP contribution in [0.5, 0.6) is 0 Å². The normalized spacial score (nSPS) is 13.2. The van der Waals surface area contributed by atoms with Gasteiger partial charge >= 0.3 is 0 Å². The first kappa shape index (κ1) is 17.0. The molecule has 6 nitrogen and oxygen atoms in total. The highest BCUT2D eigenvalue weighted by Crippen LogP contribution is 2.21. The maximum atomic E-state index is 12.6. The van der Waals surface area contributed by atoms with Gasteiger partial charge in [-0.2, -0.15) is 5.10 Å². The summed E-state index contributed by atoms with van der Waals surface area (Å²) in [5.74, 6) is -0.180. The largest absolute Gasteiger partial charge is 0.347 e. The minimum Gasteiger partial charge on any atom is -0.347 e. The molecule has 25 heavy (non-hydrogen) atoms. The number of carbonyl (C=O) groups is 2. The van der Waals surface area contributed by atoms with E-state index in [1.54, 1.807) is 11.0 Å². The molecular weight excluding hydrogens is 316 g/mol. The smallest absolute Gasteiger partial charge is 0.272 e. The molecule has 1 aliphatic rings. The van der Waals surface area contributed by atoms with E-state index in [1.165, 1.54) is 0 Å². The molecule has 130 valence electrons. The van der Waals surface area contributed by atoms with E-state index in [9.17, 15) is 9.59 Å². The van der Waals surface area contributed by atoms with Gasteiger partial charge in [0.1, 0.15) is 0 Å². The molecule has 3 rings (SSSR count). The van der Waals surface area contributed by atoms with Crippen LogP contribution in [0.4, 0.5) is 0 Å². The minimum absolute atomic E-state index is 0.0647. The van der Waals surface area contributed by atoms with Gasteiger partial charge in [-0.05, 0) is 12.5 Å². The summed E-state index contributed by atoms with van der Waals surface area (Å²) in [6.07, 6.45) is 2.66. The molecule has 2 heterocycles. The van der Waals surface area contributed by atoms with Crippen LogP contribution in [-0.2, 0) is 24.2 Å². The molecule has 0 spiro atoms. The zero-order valence-corrected chi connectivity index (χ0v) is 14.3. The second kappa shape index (κ2) is 7.34. The van der Waals surface area contributed by atoms with E-state index in [0.717, 1.165) is 22.4 Å². The number of fused-ring (bicyclic) bond motifs is 1. The third kappa shape index (κ3) is 3.79. The van der Waals surface area contributed by atoms with E-state index in [4.69, 9.17) is 0 Å². The van der Waals surface area contributed by atoms with Gasteiger partial charge in [0.2, 0.25) is 5.91 Å². The summed E-state index contributed by atoms with van der Waals surface area (Å²) in [6.45, 7) is 7.03. The van der Waals surface area contributed by atoms with Crippen LogP contribution >= 0.6 is 0 Å². The third-order valence-electron chi connectivity index (χ3n) is 4.35. The molecule has 2 aromatic rings. The van der Waals surface area contributed by atoms with Crippen molar-refractivity contribution >= 4 is 11.8 Å². The van der Waals surface area contributed by atoms with Crippen LogP contribution in [0.2, 0.25) is 0 Å². The maximum Gasteiger partial charge on any atom is 0.272 e. The number of benzene rings is 1. The fourth-order valence-electron chi connectivity index (χ4n) is 3.05. The Morgan fingerprint density at radius 1 is 1.44 bits per heavy atom. The van der Waals surface area contributed by atoms with E-state index in [2.05, 4.69) is 22.1 Å². The number of carbonyl (C=O) groups excluding carboxylic acids is 2. The molecule has 0 atom stereocenters.